The summed E-state index contributed by atoms with van der Waals surface area (Å²) in [5, 5.41) is 10.3. The molecule has 2 N–H and O–H groups in total. The van der Waals surface area contributed by atoms with Gasteiger partial charge in [-0.2, -0.15) is 0 Å². The van der Waals surface area contributed by atoms with E-state index in [1.165, 1.54) is 25.9 Å². The average molecular weight is 264 g/mol. The molecule has 4 heteroatoms. The van der Waals surface area contributed by atoms with Crippen LogP contribution in [0.2, 0.25) is 0 Å². The molecule has 1 fully saturated rings. The van der Waals surface area contributed by atoms with Crippen molar-refractivity contribution in [3.8, 4) is 11.5 Å². The lowest BCUT2D eigenvalue weighted by molar-refractivity contribution is -0.888. The summed E-state index contributed by atoms with van der Waals surface area (Å²) in [4.78, 5) is 1.62. The van der Waals surface area contributed by atoms with Crippen LogP contribution in [0.15, 0.2) is 18.2 Å². The summed E-state index contributed by atoms with van der Waals surface area (Å²) in [5.41, 5.74) is 0.933. The Morgan fingerprint density at radius 3 is 2.63 bits per heavy atom. The Morgan fingerprint density at radius 1 is 1.11 bits per heavy atom. The van der Waals surface area contributed by atoms with Crippen LogP contribution in [0.4, 0.5) is 0 Å². The lowest BCUT2D eigenvalue weighted by Crippen LogP contribution is -3.10. The molecule has 0 radical (unpaired) electrons. The largest absolute Gasteiger partial charge is 0.486 e. The van der Waals surface area contributed by atoms with Gasteiger partial charge in [0.15, 0.2) is 11.5 Å². The van der Waals surface area contributed by atoms with E-state index >= 15 is 0 Å². The SMILES string of the molecule is OC(CC[NH+]1CCCC1)c1ccc2c(c1)OCCO2. The smallest absolute Gasteiger partial charge is 0.161 e. The molecule has 2 heterocycles. The number of hydrogen-bond acceptors (Lipinski definition) is 3. The molecule has 1 saturated heterocycles. The van der Waals surface area contributed by atoms with Gasteiger partial charge in [-0.15, -0.1) is 0 Å². The highest BCUT2D eigenvalue weighted by Crippen LogP contribution is 2.33. The number of benzene rings is 1. The normalized spacial score (nSPS) is 20.5. The van der Waals surface area contributed by atoms with E-state index in [0.29, 0.717) is 13.2 Å². The van der Waals surface area contributed by atoms with Crippen molar-refractivity contribution in [3.63, 3.8) is 0 Å². The molecule has 2 aliphatic heterocycles. The Labute approximate surface area is 113 Å². The predicted octanol–water partition coefficient (Wildman–Crippen LogP) is 0.560. The molecule has 0 saturated carbocycles. The number of fused-ring (bicyclic) bond motifs is 1. The lowest BCUT2D eigenvalue weighted by atomic mass is 10.1. The Balaban J connectivity index is 1.60. The minimum Gasteiger partial charge on any atom is -0.486 e. The number of likely N-dealkylation sites (tertiary alicyclic amines) is 1. The molecule has 2 aliphatic rings. The summed E-state index contributed by atoms with van der Waals surface area (Å²) in [6, 6.07) is 5.76. The van der Waals surface area contributed by atoms with Gasteiger partial charge in [0.05, 0.1) is 25.7 Å². The molecular formula is C15H22NO3+. The van der Waals surface area contributed by atoms with Crippen molar-refractivity contribution in [2.24, 2.45) is 0 Å². The van der Waals surface area contributed by atoms with E-state index in [9.17, 15) is 5.11 Å². The van der Waals surface area contributed by atoms with Crippen LogP contribution in [0.3, 0.4) is 0 Å². The molecular weight excluding hydrogens is 242 g/mol. The van der Waals surface area contributed by atoms with Gasteiger partial charge in [-0.05, 0) is 17.7 Å². The second kappa shape index (κ2) is 5.80. The Morgan fingerprint density at radius 2 is 1.84 bits per heavy atom. The van der Waals surface area contributed by atoms with Gasteiger partial charge in [-0.1, -0.05) is 6.07 Å². The molecule has 4 nitrogen and oxygen atoms in total. The zero-order valence-corrected chi connectivity index (χ0v) is 11.2. The summed E-state index contributed by atoms with van der Waals surface area (Å²) in [7, 11) is 0. The molecule has 3 rings (SSSR count). The minimum absolute atomic E-state index is 0.399. The molecule has 0 bridgehead atoms. The highest BCUT2D eigenvalue weighted by Gasteiger charge is 2.19. The van der Waals surface area contributed by atoms with E-state index in [-0.39, 0.29) is 0 Å². The highest BCUT2D eigenvalue weighted by molar-refractivity contribution is 5.44. The van der Waals surface area contributed by atoms with E-state index < -0.39 is 6.10 Å². The number of quaternary nitrogens is 1. The number of hydrogen-bond donors (Lipinski definition) is 2. The van der Waals surface area contributed by atoms with Crippen molar-refractivity contribution in [1.29, 1.82) is 0 Å². The second-order valence-corrected chi connectivity index (χ2v) is 5.41. The number of aliphatic hydroxyl groups is 1. The fraction of sp³-hybridized carbons (Fsp3) is 0.600. The first-order valence-corrected chi connectivity index (χ1v) is 7.24. The van der Waals surface area contributed by atoms with Crippen LogP contribution in [-0.2, 0) is 0 Å². The number of rotatable bonds is 4. The van der Waals surface area contributed by atoms with Crippen molar-refractivity contribution in [2.45, 2.75) is 25.4 Å². The van der Waals surface area contributed by atoms with E-state index in [1.54, 1.807) is 4.90 Å². The Bertz CT molecular complexity index is 429. The van der Waals surface area contributed by atoms with Crippen LogP contribution >= 0.6 is 0 Å². The molecule has 0 aromatic heterocycles. The van der Waals surface area contributed by atoms with Crippen molar-refractivity contribution >= 4 is 0 Å². The molecule has 1 aromatic rings. The number of ether oxygens (including phenoxy) is 2. The first-order chi connectivity index (χ1) is 9.33. The Kier molecular flexibility index (Phi) is 3.89. The van der Waals surface area contributed by atoms with Crippen LogP contribution < -0.4 is 14.4 Å². The van der Waals surface area contributed by atoms with Gasteiger partial charge in [0.2, 0.25) is 0 Å². The fourth-order valence-electron chi connectivity index (χ4n) is 2.90. The summed E-state index contributed by atoms with van der Waals surface area (Å²) < 4.78 is 11.0. The molecule has 1 unspecified atom stereocenters. The molecule has 0 amide bonds. The standard InChI is InChI=1S/C15H21NO3/c17-13(5-8-16-6-1-2-7-16)12-3-4-14-15(11-12)19-10-9-18-14/h3-4,11,13,17H,1-2,5-10H2/p+1. The van der Waals surface area contributed by atoms with Crippen LogP contribution in [0.5, 0.6) is 11.5 Å². The van der Waals surface area contributed by atoms with Gasteiger partial charge in [0.25, 0.3) is 0 Å². The molecule has 0 spiro atoms. The average Bonchev–Trinajstić information content (AvgIpc) is 2.97. The number of aliphatic hydroxyl groups excluding tert-OH is 1. The van der Waals surface area contributed by atoms with E-state index in [4.69, 9.17) is 9.47 Å². The van der Waals surface area contributed by atoms with Crippen molar-refractivity contribution in [3.05, 3.63) is 23.8 Å². The van der Waals surface area contributed by atoms with Gasteiger partial charge in [0, 0.05) is 19.3 Å². The third-order valence-corrected chi connectivity index (χ3v) is 4.03. The maximum atomic E-state index is 10.3. The summed E-state index contributed by atoms with van der Waals surface area (Å²) in [6.07, 6.45) is 3.07. The van der Waals surface area contributed by atoms with Crippen LogP contribution in [0.1, 0.15) is 30.9 Å². The third-order valence-electron chi connectivity index (χ3n) is 4.03. The maximum absolute atomic E-state index is 10.3. The minimum atomic E-state index is -0.399. The Hall–Kier alpha value is -1.26. The monoisotopic (exact) mass is 264 g/mol. The van der Waals surface area contributed by atoms with Crippen molar-refractivity contribution in [1.82, 2.24) is 0 Å². The van der Waals surface area contributed by atoms with Gasteiger partial charge in [-0.25, -0.2) is 0 Å². The van der Waals surface area contributed by atoms with E-state index in [2.05, 4.69) is 0 Å². The summed E-state index contributed by atoms with van der Waals surface area (Å²) in [5.74, 6) is 1.55. The molecule has 1 atom stereocenters. The molecule has 104 valence electrons. The van der Waals surface area contributed by atoms with Crippen LogP contribution in [-0.4, -0.2) is 38.0 Å². The zero-order valence-electron chi connectivity index (χ0n) is 11.2. The zero-order chi connectivity index (χ0) is 13.1. The van der Waals surface area contributed by atoms with Crippen molar-refractivity contribution in [2.75, 3.05) is 32.8 Å². The molecule has 0 aliphatic carbocycles. The third kappa shape index (κ3) is 3.01. The molecule has 1 aromatic carbocycles. The van der Waals surface area contributed by atoms with Gasteiger partial charge in [0.1, 0.15) is 13.2 Å². The van der Waals surface area contributed by atoms with Gasteiger partial charge < -0.3 is 19.5 Å². The summed E-state index contributed by atoms with van der Waals surface area (Å²) in [6.45, 7) is 4.76. The first-order valence-electron chi connectivity index (χ1n) is 7.24. The van der Waals surface area contributed by atoms with E-state index in [0.717, 1.165) is 30.0 Å². The van der Waals surface area contributed by atoms with Gasteiger partial charge in [-0.3, -0.25) is 0 Å². The second-order valence-electron chi connectivity index (χ2n) is 5.41. The fourth-order valence-corrected chi connectivity index (χ4v) is 2.90. The number of nitrogens with one attached hydrogen (secondary N) is 1. The lowest BCUT2D eigenvalue weighted by Gasteiger charge is -2.20. The highest BCUT2D eigenvalue weighted by atomic mass is 16.6. The first kappa shape index (κ1) is 12.8. The van der Waals surface area contributed by atoms with Crippen molar-refractivity contribution < 1.29 is 19.5 Å². The van der Waals surface area contributed by atoms with Crippen LogP contribution in [0, 0.1) is 0 Å². The summed E-state index contributed by atoms with van der Waals surface area (Å²) >= 11 is 0. The quantitative estimate of drug-likeness (QED) is 0.835. The molecule has 19 heavy (non-hydrogen) atoms. The maximum Gasteiger partial charge on any atom is 0.161 e. The predicted molar refractivity (Wildman–Crippen MR) is 71.8 cm³/mol. The van der Waals surface area contributed by atoms with Gasteiger partial charge >= 0.3 is 0 Å². The topological polar surface area (TPSA) is 43.1 Å². The van der Waals surface area contributed by atoms with E-state index in [1.807, 2.05) is 18.2 Å². The van der Waals surface area contributed by atoms with Crippen LogP contribution in [0.25, 0.3) is 0 Å².